The van der Waals surface area contributed by atoms with Gasteiger partial charge in [-0.25, -0.2) is 0 Å². The van der Waals surface area contributed by atoms with Crippen molar-refractivity contribution in [2.75, 3.05) is 5.32 Å². The Kier molecular flexibility index (Phi) is 5.31. The molecule has 24 heavy (non-hydrogen) atoms. The molecule has 1 unspecified atom stereocenters. The van der Waals surface area contributed by atoms with Crippen LogP contribution in [0.25, 0.3) is 0 Å². The molecule has 0 saturated heterocycles. The van der Waals surface area contributed by atoms with E-state index in [1.807, 2.05) is 6.07 Å². The lowest BCUT2D eigenvalue weighted by atomic mass is 9.98. The Hall–Kier alpha value is -3.15. The Labute approximate surface area is 144 Å². The number of amides is 1. The Morgan fingerprint density at radius 3 is 2.33 bits per heavy atom. The zero-order valence-electron chi connectivity index (χ0n) is 12.7. The topological polar surface area (TPSA) is 93.8 Å². The van der Waals surface area contributed by atoms with Crippen LogP contribution < -0.4 is 5.32 Å². The average molecular weight is 338 g/mol. The van der Waals surface area contributed by atoms with Gasteiger partial charge < -0.3 is 5.32 Å². The van der Waals surface area contributed by atoms with Crippen molar-refractivity contribution in [3.05, 3.63) is 64.2 Å². The van der Waals surface area contributed by atoms with E-state index in [2.05, 4.69) is 5.32 Å². The molecule has 2 rings (SSSR count). The molecule has 0 aliphatic rings. The van der Waals surface area contributed by atoms with E-state index in [-0.39, 0.29) is 5.56 Å². The fourth-order valence-corrected chi connectivity index (χ4v) is 2.22. The Balaban J connectivity index is 2.20. The number of hydrogen-bond acceptors (Lipinski definition) is 4. The minimum absolute atomic E-state index is 0.234. The van der Waals surface area contributed by atoms with E-state index in [1.54, 1.807) is 31.2 Å². The number of nitrogens with zero attached hydrogens (tertiary/aromatic N) is 2. The molecule has 2 aromatic rings. The Bertz CT molecular complexity index is 877. The number of rotatable bonds is 4. The van der Waals surface area contributed by atoms with Crippen LogP contribution in [0.15, 0.2) is 42.5 Å². The summed E-state index contributed by atoms with van der Waals surface area (Å²) in [7, 11) is 0. The number of Topliss-reactive ketones (excluding diaryl/α,β-unsaturated/α-hetero) is 1. The van der Waals surface area contributed by atoms with Crippen LogP contribution in [-0.4, -0.2) is 11.7 Å². The largest absolute Gasteiger partial charge is 0.324 e. The second kappa shape index (κ2) is 7.41. The number of anilines is 1. The van der Waals surface area contributed by atoms with Crippen LogP contribution in [-0.2, 0) is 4.79 Å². The van der Waals surface area contributed by atoms with Crippen LogP contribution in [0, 0.1) is 35.5 Å². The summed E-state index contributed by atoms with van der Waals surface area (Å²) in [5.41, 5.74) is 1.80. The monoisotopic (exact) mass is 337 g/mol. The van der Waals surface area contributed by atoms with Crippen LogP contribution in [0.4, 0.5) is 5.69 Å². The molecule has 0 radical (unpaired) electrons. The third-order valence-electron chi connectivity index (χ3n) is 3.40. The molecule has 0 spiro atoms. The smallest absolute Gasteiger partial charge is 0.249 e. The third kappa shape index (κ3) is 3.78. The second-order valence-electron chi connectivity index (χ2n) is 5.06. The molecule has 0 bridgehead atoms. The van der Waals surface area contributed by atoms with Crippen LogP contribution in [0.1, 0.15) is 21.5 Å². The zero-order chi connectivity index (χ0) is 17.7. The van der Waals surface area contributed by atoms with Gasteiger partial charge in [0.1, 0.15) is 0 Å². The number of nitriles is 2. The van der Waals surface area contributed by atoms with E-state index in [4.69, 9.17) is 16.9 Å². The van der Waals surface area contributed by atoms with Crippen molar-refractivity contribution >= 4 is 29.0 Å². The fourth-order valence-electron chi connectivity index (χ4n) is 2.10. The van der Waals surface area contributed by atoms with Gasteiger partial charge in [0, 0.05) is 16.3 Å². The van der Waals surface area contributed by atoms with Crippen molar-refractivity contribution in [3.63, 3.8) is 0 Å². The predicted octanol–water partition coefficient (Wildman–Crippen LogP) is 3.48. The van der Waals surface area contributed by atoms with Crippen molar-refractivity contribution in [1.29, 1.82) is 10.5 Å². The van der Waals surface area contributed by atoms with Gasteiger partial charge in [0.2, 0.25) is 5.91 Å². The van der Waals surface area contributed by atoms with Crippen molar-refractivity contribution in [2.45, 2.75) is 6.92 Å². The molecule has 1 atom stereocenters. The van der Waals surface area contributed by atoms with Gasteiger partial charge in [-0.2, -0.15) is 10.5 Å². The number of halogens is 1. The van der Waals surface area contributed by atoms with E-state index >= 15 is 0 Å². The molecule has 1 amide bonds. The summed E-state index contributed by atoms with van der Waals surface area (Å²) < 4.78 is 0. The lowest BCUT2D eigenvalue weighted by Crippen LogP contribution is -2.29. The summed E-state index contributed by atoms with van der Waals surface area (Å²) in [4.78, 5) is 24.6. The van der Waals surface area contributed by atoms with Gasteiger partial charge in [0.15, 0.2) is 11.7 Å². The molecule has 0 fully saturated rings. The molecule has 0 aliphatic heterocycles. The molecular weight excluding hydrogens is 326 g/mol. The normalized spacial score (nSPS) is 11.0. The minimum atomic E-state index is -1.47. The number of benzene rings is 2. The van der Waals surface area contributed by atoms with Gasteiger partial charge in [0.05, 0.1) is 17.7 Å². The number of carbonyl (C=O) groups excluding carboxylic acids is 2. The van der Waals surface area contributed by atoms with Gasteiger partial charge in [0.25, 0.3) is 0 Å². The van der Waals surface area contributed by atoms with Crippen LogP contribution >= 0.6 is 11.6 Å². The summed E-state index contributed by atoms with van der Waals surface area (Å²) in [6.45, 7) is 1.72. The Morgan fingerprint density at radius 1 is 1.12 bits per heavy atom. The summed E-state index contributed by atoms with van der Waals surface area (Å²) >= 11 is 5.76. The van der Waals surface area contributed by atoms with Crippen molar-refractivity contribution in [3.8, 4) is 12.1 Å². The summed E-state index contributed by atoms with van der Waals surface area (Å²) in [6, 6.07) is 14.4. The van der Waals surface area contributed by atoms with Crippen molar-refractivity contribution < 1.29 is 9.59 Å². The first kappa shape index (κ1) is 17.2. The van der Waals surface area contributed by atoms with Crippen molar-refractivity contribution in [1.82, 2.24) is 0 Å². The van der Waals surface area contributed by atoms with E-state index in [9.17, 15) is 14.9 Å². The lowest BCUT2D eigenvalue weighted by Gasteiger charge is -2.12. The highest BCUT2D eigenvalue weighted by atomic mass is 35.5. The maximum atomic E-state index is 12.3. The lowest BCUT2D eigenvalue weighted by molar-refractivity contribution is -0.117. The number of hydrogen-bond donors (Lipinski definition) is 1. The number of ketones is 1. The van der Waals surface area contributed by atoms with Gasteiger partial charge in [-0.05, 0) is 55.0 Å². The standard InChI is InChI=1S/C18H12ClN3O2/c1-11-8-12(9-20)2-7-16(11)22-18(24)15(10-21)17(23)13-3-5-14(19)6-4-13/h2-8,15H,1H3,(H,22,24). The number of aryl methyl sites for hydroxylation is 1. The SMILES string of the molecule is Cc1cc(C#N)ccc1NC(=O)C(C#N)C(=O)c1ccc(Cl)cc1. The molecule has 0 aliphatic carbocycles. The van der Waals surface area contributed by atoms with E-state index in [0.29, 0.717) is 21.8 Å². The number of nitrogens with one attached hydrogen (secondary N) is 1. The highest BCUT2D eigenvalue weighted by Gasteiger charge is 2.27. The van der Waals surface area contributed by atoms with Gasteiger partial charge in [-0.3, -0.25) is 9.59 Å². The molecule has 0 heterocycles. The highest BCUT2D eigenvalue weighted by Crippen LogP contribution is 2.19. The van der Waals surface area contributed by atoms with E-state index in [1.165, 1.54) is 24.3 Å². The predicted molar refractivity (Wildman–Crippen MR) is 89.4 cm³/mol. The number of carbonyl (C=O) groups is 2. The molecule has 5 nitrogen and oxygen atoms in total. The average Bonchev–Trinajstić information content (AvgIpc) is 2.57. The maximum Gasteiger partial charge on any atom is 0.249 e. The maximum absolute atomic E-state index is 12.3. The van der Waals surface area contributed by atoms with Gasteiger partial charge in [-0.15, -0.1) is 0 Å². The van der Waals surface area contributed by atoms with E-state index in [0.717, 1.165) is 0 Å². The molecule has 118 valence electrons. The first-order valence-corrected chi connectivity index (χ1v) is 7.35. The molecule has 6 heteroatoms. The first-order valence-electron chi connectivity index (χ1n) is 6.97. The molecule has 1 N–H and O–H groups in total. The molecule has 0 saturated carbocycles. The molecule has 2 aromatic carbocycles. The Morgan fingerprint density at radius 2 is 1.79 bits per heavy atom. The minimum Gasteiger partial charge on any atom is -0.324 e. The highest BCUT2D eigenvalue weighted by molar-refractivity contribution is 6.30. The van der Waals surface area contributed by atoms with Crippen molar-refractivity contribution in [2.24, 2.45) is 5.92 Å². The van der Waals surface area contributed by atoms with Crippen LogP contribution in [0.3, 0.4) is 0 Å². The van der Waals surface area contributed by atoms with E-state index < -0.39 is 17.6 Å². The summed E-state index contributed by atoms with van der Waals surface area (Å²) in [5.74, 6) is -2.79. The first-order chi connectivity index (χ1) is 11.5. The summed E-state index contributed by atoms with van der Waals surface area (Å²) in [5, 5.41) is 21.1. The summed E-state index contributed by atoms with van der Waals surface area (Å²) in [6.07, 6.45) is 0. The van der Waals surface area contributed by atoms with Crippen LogP contribution in [0.2, 0.25) is 5.02 Å². The molecular formula is C18H12ClN3O2. The zero-order valence-corrected chi connectivity index (χ0v) is 13.5. The second-order valence-corrected chi connectivity index (χ2v) is 5.50. The third-order valence-corrected chi connectivity index (χ3v) is 3.65. The fraction of sp³-hybridized carbons (Fsp3) is 0.111. The van der Waals surface area contributed by atoms with Gasteiger partial charge >= 0.3 is 0 Å². The van der Waals surface area contributed by atoms with Gasteiger partial charge in [-0.1, -0.05) is 11.6 Å². The molecule has 0 aromatic heterocycles. The quantitative estimate of drug-likeness (QED) is 0.682. The van der Waals surface area contributed by atoms with Crippen LogP contribution in [0.5, 0.6) is 0 Å².